The molecule has 0 aromatic rings. The monoisotopic (exact) mass is 148 g/mol. The lowest BCUT2D eigenvalue weighted by Crippen LogP contribution is -2.40. The van der Waals surface area contributed by atoms with Gasteiger partial charge in [-0.3, -0.25) is 4.48 Å². The van der Waals surface area contributed by atoms with Gasteiger partial charge in [0.15, 0.2) is 0 Å². The number of fused-ring (bicyclic) bond motifs is 2. The molecule has 1 heteroatoms. The highest BCUT2D eigenvalue weighted by molar-refractivity contribution is 5.40. The molecule has 0 aromatic heterocycles. The second-order valence-electron chi connectivity index (χ2n) is 3.12. The second kappa shape index (κ2) is 2.08. The fraction of sp³-hybridized carbons (Fsp3) is 0.400. The molecule has 0 amide bonds. The van der Waals surface area contributed by atoms with Gasteiger partial charge in [0.25, 0.3) is 0 Å². The van der Waals surface area contributed by atoms with Gasteiger partial charge in [0.05, 0.1) is 13.1 Å². The van der Waals surface area contributed by atoms with Crippen LogP contribution in [0.25, 0.3) is 0 Å². The van der Waals surface area contributed by atoms with Gasteiger partial charge in [0.1, 0.15) is 11.4 Å². The van der Waals surface area contributed by atoms with Crippen molar-refractivity contribution in [2.75, 3.05) is 13.1 Å². The highest BCUT2D eigenvalue weighted by Crippen LogP contribution is 2.37. The minimum absolute atomic E-state index is 1.08. The zero-order valence-corrected chi connectivity index (χ0v) is 7.17. The normalized spacial score (nSPS) is 23.8. The van der Waals surface area contributed by atoms with E-state index in [4.69, 9.17) is 0 Å². The van der Waals surface area contributed by atoms with Crippen molar-refractivity contribution in [1.29, 1.82) is 0 Å². The van der Waals surface area contributed by atoms with Crippen LogP contribution in [0.3, 0.4) is 0 Å². The van der Waals surface area contributed by atoms with E-state index in [9.17, 15) is 0 Å². The van der Waals surface area contributed by atoms with Crippen molar-refractivity contribution < 1.29 is 4.48 Å². The third-order valence-corrected chi connectivity index (χ3v) is 2.92. The molecule has 0 N–H and O–H groups in total. The predicted octanol–water partition coefficient (Wildman–Crippen LogP) is 2.19. The van der Waals surface area contributed by atoms with Gasteiger partial charge in [0, 0.05) is 24.3 Å². The molecule has 2 bridgehead atoms. The zero-order chi connectivity index (χ0) is 7.90. The average molecular weight is 148 g/mol. The summed E-state index contributed by atoms with van der Waals surface area (Å²) in [5, 5.41) is 0. The van der Waals surface area contributed by atoms with E-state index < -0.39 is 0 Å². The summed E-state index contributed by atoms with van der Waals surface area (Å²) in [5.74, 6) is 0. The molecule has 2 aliphatic heterocycles. The van der Waals surface area contributed by atoms with Crippen LogP contribution in [0.2, 0.25) is 0 Å². The highest BCUT2D eigenvalue weighted by Gasteiger charge is 2.38. The first kappa shape index (κ1) is 6.86. The van der Waals surface area contributed by atoms with Crippen molar-refractivity contribution in [1.82, 2.24) is 0 Å². The van der Waals surface area contributed by atoms with Crippen LogP contribution in [0, 0.1) is 0 Å². The first-order valence-electron chi connectivity index (χ1n) is 4.32. The van der Waals surface area contributed by atoms with Gasteiger partial charge in [-0.25, -0.2) is 0 Å². The first-order valence-corrected chi connectivity index (χ1v) is 4.32. The van der Waals surface area contributed by atoms with Gasteiger partial charge >= 0.3 is 0 Å². The Labute approximate surface area is 67.9 Å². The Balaban J connectivity index is 2.45. The number of hydrogen-bond acceptors (Lipinski definition) is 0. The van der Waals surface area contributed by atoms with Crippen LogP contribution in [-0.4, -0.2) is 17.6 Å². The molecule has 2 aliphatic rings. The maximum absolute atomic E-state index is 2.25. The summed E-state index contributed by atoms with van der Waals surface area (Å²) >= 11 is 0. The molecule has 2 heterocycles. The molecule has 0 fully saturated rings. The average Bonchev–Trinajstić information content (AvgIpc) is 2.59. The minimum atomic E-state index is 1.08. The third kappa shape index (κ3) is 0.641. The zero-order valence-electron chi connectivity index (χ0n) is 7.17. The van der Waals surface area contributed by atoms with Crippen molar-refractivity contribution in [3.8, 4) is 0 Å². The topological polar surface area (TPSA) is 0 Å². The Bertz CT molecular complexity index is 241. The number of hydrogen-bond donors (Lipinski definition) is 0. The van der Waals surface area contributed by atoms with E-state index in [1.165, 1.54) is 24.5 Å². The lowest BCUT2D eigenvalue weighted by molar-refractivity contribution is -0.839. The Morgan fingerprint density at radius 3 is 1.64 bits per heavy atom. The van der Waals surface area contributed by atoms with Gasteiger partial charge in [-0.2, -0.15) is 0 Å². The summed E-state index contributed by atoms with van der Waals surface area (Å²) in [6.45, 7) is 6.87. The molecule has 0 aliphatic carbocycles. The Kier molecular flexibility index (Phi) is 1.30. The van der Waals surface area contributed by atoms with E-state index >= 15 is 0 Å². The van der Waals surface area contributed by atoms with Crippen molar-refractivity contribution >= 4 is 0 Å². The van der Waals surface area contributed by atoms with Crippen molar-refractivity contribution in [3.05, 3.63) is 35.7 Å². The Hall–Kier alpha value is -0.820. The third-order valence-electron chi connectivity index (χ3n) is 2.92. The van der Waals surface area contributed by atoms with E-state index in [-0.39, 0.29) is 0 Å². The second-order valence-corrected chi connectivity index (χ2v) is 3.12. The van der Waals surface area contributed by atoms with Crippen LogP contribution >= 0.6 is 0 Å². The van der Waals surface area contributed by atoms with Crippen LogP contribution in [0.5, 0.6) is 0 Å². The maximum Gasteiger partial charge on any atom is 0.138 e. The summed E-state index contributed by atoms with van der Waals surface area (Å²) < 4.78 is 1.08. The van der Waals surface area contributed by atoms with E-state index in [2.05, 4.69) is 38.2 Å². The predicted molar refractivity (Wildman–Crippen MR) is 46.6 cm³/mol. The molecule has 0 radical (unpaired) electrons. The largest absolute Gasteiger partial charge is 0.259 e. The SMILES string of the molecule is CC[N+]1(CC)C2=CC=C1C=C2. The van der Waals surface area contributed by atoms with E-state index in [0.29, 0.717) is 0 Å². The number of likely N-dealkylation sites (N-methyl/N-ethyl adjacent to an activating group) is 1. The van der Waals surface area contributed by atoms with Crippen LogP contribution < -0.4 is 0 Å². The number of quaternary nitrogens is 1. The van der Waals surface area contributed by atoms with E-state index in [1.54, 1.807) is 0 Å². The number of nitrogens with zero attached hydrogens (tertiary/aromatic N) is 1. The van der Waals surface area contributed by atoms with E-state index in [0.717, 1.165) is 4.48 Å². The van der Waals surface area contributed by atoms with Crippen LogP contribution in [0.1, 0.15) is 13.8 Å². The van der Waals surface area contributed by atoms with Gasteiger partial charge in [0.2, 0.25) is 0 Å². The van der Waals surface area contributed by atoms with Crippen LogP contribution in [-0.2, 0) is 0 Å². The lowest BCUT2D eigenvalue weighted by atomic mass is 10.3. The van der Waals surface area contributed by atoms with Crippen molar-refractivity contribution in [2.45, 2.75) is 13.8 Å². The molecule has 0 saturated heterocycles. The molecular weight excluding hydrogens is 134 g/mol. The quantitative estimate of drug-likeness (QED) is 0.527. The number of rotatable bonds is 2. The Morgan fingerprint density at radius 2 is 1.45 bits per heavy atom. The van der Waals surface area contributed by atoms with Crippen molar-refractivity contribution in [2.24, 2.45) is 0 Å². The number of allylic oxidation sites excluding steroid dienone is 4. The van der Waals surface area contributed by atoms with Crippen LogP contribution in [0.4, 0.5) is 0 Å². The molecule has 0 aromatic carbocycles. The molecular formula is C10H14N+. The molecule has 11 heavy (non-hydrogen) atoms. The fourth-order valence-electron chi connectivity index (χ4n) is 2.13. The maximum atomic E-state index is 2.25. The van der Waals surface area contributed by atoms with Gasteiger partial charge in [-0.15, -0.1) is 0 Å². The fourth-order valence-corrected chi connectivity index (χ4v) is 2.13. The highest BCUT2D eigenvalue weighted by atomic mass is 15.4. The standard InChI is InChI=1S/C10H14N/c1-3-11(4-2)9-5-6-10(11)8-7-9/h5-8H,3-4H2,1-2H3/q+1. The van der Waals surface area contributed by atoms with Crippen molar-refractivity contribution in [3.63, 3.8) is 0 Å². The molecule has 58 valence electrons. The van der Waals surface area contributed by atoms with Gasteiger partial charge in [-0.1, -0.05) is 0 Å². The molecule has 0 spiro atoms. The first-order chi connectivity index (χ1) is 5.33. The summed E-state index contributed by atoms with van der Waals surface area (Å²) in [6, 6.07) is 0. The molecule has 2 rings (SSSR count). The smallest absolute Gasteiger partial charge is 0.138 e. The molecule has 1 nitrogen and oxygen atoms in total. The van der Waals surface area contributed by atoms with E-state index in [1.807, 2.05) is 0 Å². The minimum Gasteiger partial charge on any atom is -0.259 e. The molecule has 0 unspecified atom stereocenters. The lowest BCUT2D eigenvalue weighted by Gasteiger charge is -2.30. The summed E-state index contributed by atoms with van der Waals surface area (Å²) in [5.41, 5.74) is 2.93. The summed E-state index contributed by atoms with van der Waals surface area (Å²) in [4.78, 5) is 0. The van der Waals surface area contributed by atoms with Gasteiger partial charge < -0.3 is 0 Å². The molecule has 0 atom stereocenters. The molecule has 0 saturated carbocycles. The Morgan fingerprint density at radius 1 is 1.00 bits per heavy atom. The summed E-state index contributed by atoms with van der Waals surface area (Å²) in [6.07, 6.45) is 8.95. The summed E-state index contributed by atoms with van der Waals surface area (Å²) in [7, 11) is 0. The van der Waals surface area contributed by atoms with Crippen LogP contribution in [0.15, 0.2) is 35.7 Å². The van der Waals surface area contributed by atoms with Gasteiger partial charge in [-0.05, 0) is 13.8 Å².